The number of hydrogen-bond donors (Lipinski definition) is 1. The monoisotopic (exact) mass is 268 g/mol. The summed E-state index contributed by atoms with van der Waals surface area (Å²) in [4.78, 5) is 4.78. The summed E-state index contributed by atoms with van der Waals surface area (Å²) in [6, 6.07) is 0. The van der Waals surface area contributed by atoms with Gasteiger partial charge in [0.1, 0.15) is 0 Å². The Hall–Kier alpha value is -0.160. The van der Waals surface area contributed by atoms with Crippen molar-refractivity contribution in [2.75, 3.05) is 39.8 Å². The Bertz CT molecular complexity index is 258. The quantitative estimate of drug-likeness (QED) is 0.760. The van der Waals surface area contributed by atoms with E-state index < -0.39 is 0 Å². The lowest BCUT2D eigenvalue weighted by Gasteiger charge is -2.33. The third kappa shape index (κ3) is 5.38. The third-order valence-corrected chi connectivity index (χ3v) is 4.01. The van der Waals surface area contributed by atoms with Gasteiger partial charge in [0.15, 0.2) is 0 Å². The highest BCUT2D eigenvalue weighted by molar-refractivity contribution is 4.86. The van der Waals surface area contributed by atoms with E-state index in [1.807, 2.05) is 0 Å². The number of likely N-dealkylation sites (tertiary alicyclic amines) is 1. The maximum Gasteiger partial charge on any atom is 0.0896 e. The summed E-state index contributed by atoms with van der Waals surface area (Å²) in [5.74, 6) is 0. The van der Waals surface area contributed by atoms with Crippen molar-refractivity contribution in [2.24, 2.45) is 0 Å². The highest BCUT2D eigenvalue weighted by atomic mass is 16.5. The van der Waals surface area contributed by atoms with Crippen LogP contribution in [0, 0.1) is 6.67 Å². The molecule has 1 N–H and O–H groups in total. The van der Waals surface area contributed by atoms with E-state index in [1.54, 1.807) is 0 Å². The van der Waals surface area contributed by atoms with Crippen LogP contribution in [0.1, 0.15) is 39.5 Å². The molecule has 2 rings (SSSR count). The van der Waals surface area contributed by atoms with Gasteiger partial charge in [-0.1, -0.05) is 0 Å². The molecule has 2 aliphatic rings. The lowest BCUT2D eigenvalue weighted by atomic mass is 10.1. The van der Waals surface area contributed by atoms with Crippen LogP contribution in [-0.4, -0.2) is 61.3 Å². The highest BCUT2D eigenvalue weighted by Crippen LogP contribution is 2.15. The van der Waals surface area contributed by atoms with Crippen molar-refractivity contribution in [3.63, 3.8) is 0 Å². The average molecular weight is 268 g/mol. The van der Waals surface area contributed by atoms with Gasteiger partial charge in [-0.25, -0.2) is 0 Å². The fraction of sp³-hybridized carbons (Fsp3) is 0.933. The largest absolute Gasteiger partial charge is 0.377 e. The molecule has 0 spiro atoms. The standard InChI is InChI=1S/C15H30N3O/c1-15(2,12-18-8-4-5-9-18)16-13-17(3)11-14-7-6-10-19-14/h13-14,16H,4-12H2,1-3H3. The van der Waals surface area contributed by atoms with Crippen LogP contribution in [-0.2, 0) is 4.74 Å². The summed E-state index contributed by atoms with van der Waals surface area (Å²) >= 11 is 0. The number of nitrogens with one attached hydrogen (secondary N) is 1. The van der Waals surface area contributed by atoms with Gasteiger partial charge < -0.3 is 9.64 Å². The van der Waals surface area contributed by atoms with E-state index in [0.29, 0.717) is 6.10 Å². The van der Waals surface area contributed by atoms with Crippen LogP contribution in [0.4, 0.5) is 0 Å². The zero-order chi connectivity index (χ0) is 13.7. The maximum absolute atomic E-state index is 5.67. The maximum atomic E-state index is 5.67. The summed E-state index contributed by atoms with van der Waals surface area (Å²) in [6.07, 6.45) is 5.56. The van der Waals surface area contributed by atoms with E-state index in [9.17, 15) is 0 Å². The van der Waals surface area contributed by atoms with Crippen molar-refractivity contribution in [3.8, 4) is 0 Å². The molecule has 0 saturated carbocycles. The van der Waals surface area contributed by atoms with Crippen molar-refractivity contribution in [3.05, 3.63) is 6.67 Å². The van der Waals surface area contributed by atoms with Gasteiger partial charge in [-0.3, -0.25) is 10.2 Å². The van der Waals surface area contributed by atoms with E-state index in [4.69, 9.17) is 4.74 Å². The van der Waals surface area contributed by atoms with Gasteiger partial charge >= 0.3 is 0 Å². The molecule has 2 aliphatic heterocycles. The second-order valence-electron chi connectivity index (χ2n) is 6.72. The molecule has 1 radical (unpaired) electrons. The van der Waals surface area contributed by atoms with Crippen molar-refractivity contribution < 1.29 is 4.74 Å². The molecule has 111 valence electrons. The molecule has 0 aromatic rings. The number of ether oxygens (including phenoxy) is 1. The molecule has 2 fully saturated rings. The van der Waals surface area contributed by atoms with Crippen molar-refractivity contribution in [1.29, 1.82) is 0 Å². The molecule has 2 saturated heterocycles. The zero-order valence-corrected chi connectivity index (χ0v) is 12.8. The molecule has 0 aromatic heterocycles. The van der Waals surface area contributed by atoms with Crippen LogP contribution in [0.25, 0.3) is 0 Å². The van der Waals surface area contributed by atoms with Crippen LogP contribution in [0.2, 0.25) is 0 Å². The Balaban J connectivity index is 1.64. The minimum absolute atomic E-state index is 0.134. The number of rotatable bonds is 7. The van der Waals surface area contributed by atoms with Gasteiger partial charge in [0.25, 0.3) is 0 Å². The molecule has 1 atom stereocenters. The average Bonchev–Trinajstić information content (AvgIpc) is 2.99. The molecule has 2 heterocycles. The Morgan fingerprint density at radius 1 is 1.32 bits per heavy atom. The summed E-state index contributed by atoms with van der Waals surface area (Å²) in [7, 11) is 2.13. The van der Waals surface area contributed by atoms with Crippen molar-refractivity contribution in [2.45, 2.75) is 51.2 Å². The Morgan fingerprint density at radius 3 is 2.68 bits per heavy atom. The molecular weight excluding hydrogens is 238 g/mol. The molecule has 1 unspecified atom stereocenters. The van der Waals surface area contributed by atoms with Gasteiger partial charge in [0.05, 0.1) is 12.8 Å². The fourth-order valence-electron chi connectivity index (χ4n) is 2.99. The van der Waals surface area contributed by atoms with Crippen molar-refractivity contribution in [1.82, 2.24) is 15.1 Å². The first kappa shape index (κ1) is 15.2. The molecule has 0 aromatic carbocycles. The molecular formula is C15H30N3O. The molecule has 0 aliphatic carbocycles. The topological polar surface area (TPSA) is 27.7 Å². The van der Waals surface area contributed by atoms with E-state index >= 15 is 0 Å². The van der Waals surface area contributed by atoms with Crippen LogP contribution in [0.15, 0.2) is 0 Å². The third-order valence-electron chi connectivity index (χ3n) is 4.01. The summed E-state index contributed by atoms with van der Waals surface area (Å²) < 4.78 is 5.67. The lowest BCUT2D eigenvalue weighted by molar-refractivity contribution is 0.0842. The number of likely N-dealkylation sites (N-methyl/N-ethyl adjacent to an activating group) is 1. The second-order valence-corrected chi connectivity index (χ2v) is 6.72. The van der Waals surface area contributed by atoms with Gasteiger partial charge in [0, 0.05) is 25.2 Å². The fourth-order valence-corrected chi connectivity index (χ4v) is 2.99. The van der Waals surface area contributed by atoms with Gasteiger partial charge in [-0.15, -0.1) is 0 Å². The van der Waals surface area contributed by atoms with E-state index in [1.165, 1.54) is 38.8 Å². The van der Waals surface area contributed by atoms with Crippen LogP contribution < -0.4 is 5.32 Å². The summed E-state index contributed by atoms with van der Waals surface area (Å²) in [5.41, 5.74) is 0.134. The molecule has 4 heteroatoms. The van der Waals surface area contributed by atoms with Gasteiger partial charge in [-0.2, -0.15) is 0 Å². The number of hydrogen-bond acceptors (Lipinski definition) is 4. The van der Waals surface area contributed by atoms with E-state index in [-0.39, 0.29) is 5.54 Å². The Labute approximate surface area is 118 Å². The Morgan fingerprint density at radius 2 is 2.05 bits per heavy atom. The van der Waals surface area contributed by atoms with E-state index in [2.05, 4.69) is 42.7 Å². The predicted molar refractivity (Wildman–Crippen MR) is 78.8 cm³/mol. The van der Waals surface area contributed by atoms with Gasteiger partial charge in [-0.05, 0) is 59.7 Å². The molecule has 19 heavy (non-hydrogen) atoms. The van der Waals surface area contributed by atoms with Crippen LogP contribution in [0.3, 0.4) is 0 Å². The van der Waals surface area contributed by atoms with E-state index in [0.717, 1.165) is 19.7 Å². The number of nitrogens with zero attached hydrogens (tertiary/aromatic N) is 2. The molecule has 0 amide bonds. The zero-order valence-electron chi connectivity index (χ0n) is 12.8. The van der Waals surface area contributed by atoms with Crippen LogP contribution >= 0.6 is 0 Å². The predicted octanol–water partition coefficient (Wildman–Crippen LogP) is 1.68. The molecule has 0 bridgehead atoms. The van der Waals surface area contributed by atoms with Gasteiger partial charge in [0.2, 0.25) is 0 Å². The normalized spacial score (nSPS) is 25.6. The first-order valence-electron chi connectivity index (χ1n) is 7.70. The highest BCUT2D eigenvalue weighted by Gasteiger charge is 2.24. The minimum Gasteiger partial charge on any atom is -0.377 e. The molecule has 4 nitrogen and oxygen atoms in total. The SMILES string of the molecule is CN([CH]NC(C)(C)CN1CCCC1)CC1CCCO1. The summed E-state index contributed by atoms with van der Waals surface area (Å²) in [5, 5.41) is 3.56. The first-order chi connectivity index (χ1) is 9.05. The smallest absolute Gasteiger partial charge is 0.0896 e. The lowest BCUT2D eigenvalue weighted by Crippen LogP contribution is -2.49. The Kier molecular flexibility index (Phi) is 5.63. The van der Waals surface area contributed by atoms with Crippen molar-refractivity contribution >= 4 is 0 Å². The minimum atomic E-state index is 0.134. The van der Waals surface area contributed by atoms with Crippen LogP contribution in [0.5, 0.6) is 0 Å². The first-order valence-corrected chi connectivity index (χ1v) is 7.70. The second kappa shape index (κ2) is 7.02. The summed E-state index contributed by atoms with van der Waals surface area (Å²) in [6.45, 7) is 12.3.